The Morgan fingerprint density at radius 1 is 1.19 bits per heavy atom. The summed E-state index contributed by atoms with van der Waals surface area (Å²) in [6.45, 7) is 5.32. The molecule has 5 nitrogen and oxygen atoms in total. The van der Waals surface area contributed by atoms with E-state index in [0.29, 0.717) is 18.8 Å². The molecule has 0 radical (unpaired) electrons. The van der Waals surface area contributed by atoms with Gasteiger partial charge < -0.3 is 14.6 Å². The molecular formula is C21H24N2O3. The SMILES string of the molecule is Cc1ccc(/C=C/C(=O)NC2CCN(C(=O)c3ccco3)CC2)c(C)c1. The predicted molar refractivity (Wildman–Crippen MR) is 101 cm³/mol. The fourth-order valence-corrected chi connectivity index (χ4v) is 3.21. The molecule has 26 heavy (non-hydrogen) atoms. The van der Waals surface area contributed by atoms with Crippen molar-refractivity contribution in [1.29, 1.82) is 0 Å². The summed E-state index contributed by atoms with van der Waals surface area (Å²) < 4.78 is 5.16. The van der Waals surface area contributed by atoms with E-state index in [1.807, 2.05) is 25.1 Å². The fourth-order valence-electron chi connectivity index (χ4n) is 3.21. The third-order valence-corrected chi connectivity index (χ3v) is 4.70. The quantitative estimate of drug-likeness (QED) is 0.859. The molecule has 5 heteroatoms. The summed E-state index contributed by atoms with van der Waals surface area (Å²) >= 11 is 0. The van der Waals surface area contributed by atoms with E-state index >= 15 is 0 Å². The number of carbonyl (C=O) groups is 2. The molecular weight excluding hydrogens is 328 g/mol. The van der Waals surface area contributed by atoms with Gasteiger partial charge in [0, 0.05) is 25.2 Å². The van der Waals surface area contributed by atoms with Crippen molar-refractivity contribution in [2.75, 3.05) is 13.1 Å². The molecule has 1 fully saturated rings. The highest BCUT2D eigenvalue weighted by molar-refractivity contribution is 5.92. The topological polar surface area (TPSA) is 62.6 Å². The molecule has 1 aliphatic heterocycles. The summed E-state index contributed by atoms with van der Waals surface area (Å²) in [4.78, 5) is 26.2. The maximum Gasteiger partial charge on any atom is 0.289 e. The lowest BCUT2D eigenvalue weighted by atomic mass is 10.0. The van der Waals surface area contributed by atoms with Crippen molar-refractivity contribution in [3.05, 3.63) is 65.1 Å². The summed E-state index contributed by atoms with van der Waals surface area (Å²) in [7, 11) is 0. The van der Waals surface area contributed by atoms with Crippen molar-refractivity contribution in [3.8, 4) is 0 Å². The number of rotatable bonds is 4. The zero-order chi connectivity index (χ0) is 18.5. The van der Waals surface area contributed by atoms with Gasteiger partial charge in [0.2, 0.25) is 5.91 Å². The highest BCUT2D eigenvalue weighted by atomic mass is 16.3. The first-order valence-electron chi connectivity index (χ1n) is 8.91. The molecule has 0 spiro atoms. The van der Waals surface area contributed by atoms with Crippen molar-refractivity contribution in [1.82, 2.24) is 10.2 Å². The number of amides is 2. The molecule has 2 heterocycles. The molecule has 3 rings (SSSR count). The van der Waals surface area contributed by atoms with E-state index in [1.165, 1.54) is 11.8 Å². The summed E-state index contributed by atoms with van der Waals surface area (Å²) in [6, 6.07) is 9.63. The zero-order valence-electron chi connectivity index (χ0n) is 15.2. The number of likely N-dealkylation sites (tertiary alicyclic amines) is 1. The Morgan fingerprint density at radius 3 is 2.62 bits per heavy atom. The van der Waals surface area contributed by atoms with Gasteiger partial charge in [0.25, 0.3) is 5.91 Å². The Balaban J connectivity index is 1.49. The number of hydrogen-bond acceptors (Lipinski definition) is 3. The molecule has 136 valence electrons. The lowest BCUT2D eigenvalue weighted by Gasteiger charge is -2.31. The van der Waals surface area contributed by atoms with Gasteiger partial charge in [-0.15, -0.1) is 0 Å². The summed E-state index contributed by atoms with van der Waals surface area (Å²) in [5, 5.41) is 3.03. The highest BCUT2D eigenvalue weighted by Gasteiger charge is 2.25. The van der Waals surface area contributed by atoms with Crippen LogP contribution in [0.15, 0.2) is 47.1 Å². The van der Waals surface area contributed by atoms with Gasteiger partial charge in [-0.05, 0) is 56.0 Å². The van der Waals surface area contributed by atoms with Crippen LogP contribution in [0.3, 0.4) is 0 Å². The van der Waals surface area contributed by atoms with Gasteiger partial charge in [-0.1, -0.05) is 23.8 Å². The number of hydrogen-bond donors (Lipinski definition) is 1. The molecule has 1 saturated heterocycles. The maximum atomic E-state index is 12.2. The van der Waals surface area contributed by atoms with E-state index in [0.717, 1.165) is 24.0 Å². The number of nitrogens with one attached hydrogen (secondary N) is 1. The van der Waals surface area contributed by atoms with Crippen LogP contribution in [-0.4, -0.2) is 35.8 Å². The van der Waals surface area contributed by atoms with Gasteiger partial charge in [-0.3, -0.25) is 9.59 Å². The number of piperidine rings is 1. The van der Waals surface area contributed by atoms with Gasteiger partial charge in [0.05, 0.1) is 6.26 Å². The molecule has 1 aromatic heterocycles. The summed E-state index contributed by atoms with van der Waals surface area (Å²) in [5.74, 6) is 0.180. The van der Waals surface area contributed by atoms with Crippen molar-refractivity contribution < 1.29 is 14.0 Å². The van der Waals surface area contributed by atoms with Crippen LogP contribution in [0.4, 0.5) is 0 Å². The number of nitrogens with zero attached hydrogens (tertiary/aromatic N) is 1. The Labute approximate surface area is 153 Å². The Morgan fingerprint density at radius 2 is 1.96 bits per heavy atom. The van der Waals surface area contributed by atoms with Crippen LogP contribution in [0.1, 0.15) is 40.1 Å². The predicted octanol–water partition coefficient (Wildman–Crippen LogP) is 3.33. The molecule has 0 atom stereocenters. The summed E-state index contributed by atoms with van der Waals surface area (Å²) in [5.41, 5.74) is 3.41. The molecule has 2 aromatic rings. The van der Waals surface area contributed by atoms with Crippen molar-refractivity contribution in [3.63, 3.8) is 0 Å². The third kappa shape index (κ3) is 4.42. The van der Waals surface area contributed by atoms with Crippen LogP contribution in [0, 0.1) is 13.8 Å². The van der Waals surface area contributed by atoms with Gasteiger partial charge in [0.1, 0.15) is 0 Å². The molecule has 0 bridgehead atoms. The maximum absolute atomic E-state index is 12.2. The van der Waals surface area contributed by atoms with E-state index in [4.69, 9.17) is 4.42 Å². The minimum absolute atomic E-state index is 0.0884. The average Bonchev–Trinajstić information content (AvgIpc) is 3.16. The average molecular weight is 352 g/mol. The molecule has 0 aliphatic carbocycles. The normalized spacial score (nSPS) is 15.4. The third-order valence-electron chi connectivity index (χ3n) is 4.70. The van der Waals surface area contributed by atoms with E-state index in [9.17, 15) is 9.59 Å². The fraction of sp³-hybridized carbons (Fsp3) is 0.333. The number of aryl methyl sites for hydroxylation is 2. The lowest BCUT2D eigenvalue weighted by molar-refractivity contribution is -0.117. The molecule has 2 amide bonds. The second kappa shape index (κ2) is 8.04. The van der Waals surface area contributed by atoms with Crippen molar-refractivity contribution in [2.24, 2.45) is 0 Å². The van der Waals surface area contributed by atoms with Crippen molar-refractivity contribution >= 4 is 17.9 Å². The second-order valence-electron chi connectivity index (χ2n) is 6.75. The van der Waals surface area contributed by atoms with E-state index in [-0.39, 0.29) is 17.9 Å². The molecule has 1 aromatic carbocycles. The minimum atomic E-state index is -0.0965. The largest absolute Gasteiger partial charge is 0.459 e. The monoisotopic (exact) mass is 352 g/mol. The van der Waals surface area contributed by atoms with Gasteiger partial charge in [-0.2, -0.15) is 0 Å². The van der Waals surface area contributed by atoms with Crippen LogP contribution in [0.5, 0.6) is 0 Å². The Hall–Kier alpha value is -2.82. The van der Waals surface area contributed by atoms with Gasteiger partial charge in [-0.25, -0.2) is 0 Å². The first-order chi connectivity index (χ1) is 12.5. The van der Waals surface area contributed by atoms with Crippen LogP contribution in [0.2, 0.25) is 0 Å². The van der Waals surface area contributed by atoms with Crippen molar-refractivity contribution in [2.45, 2.75) is 32.7 Å². The first-order valence-corrected chi connectivity index (χ1v) is 8.91. The zero-order valence-corrected chi connectivity index (χ0v) is 15.2. The van der Waals surface area contributed by atoms with Crippen LogP contribution < -0.4 is 5.32 Å². The molecule has 1 N–H and O–H groups in total. The smallest absolute Gasteiger partial charge is 0.289 e. The Bertz CT molecular complexity index is 801. The number of furan rings is 1. The van der Waals surface area contributed by atoms with Gasteiger partial charge >= 0.3 is 0 Å². The molecule has 0 saturated carbocycles. The number of benzene rings is 1. The Kier molecular flexibility index (Phi) is 5.56. The first kappa shape index (κ1) is 18.0. The lowest BCUT2D eigenvalue weighted by Crippen LogP contribution is -2.46. The van der Waals surface area contributed by atoms with Crippen LogP contribution in [0.25, 0.3) is 6.08 Å². The van der Waals surface area contributed by atoms with Crippen LogP contribution >= 0.6 is 0 Å². The second-order valence-corrected chi connectivity index (χ2v) is 6.75. The van der Waals surface area contributed by atoms with Crippen LogP contribution in [-0.2, 0) is 4.79 Å². The number of carbonyl (C=O) groups excluding carboxylic acids is 2. The van der Waals surface area contributed by atoms with E-state index in [2.05, 4.69) is 18.3 Å². The highest BCUT2D eigenvalue weighted by Crippen LogP contribution is 2.15. The van der Waals surface area contributed by atoms with Gasteiger partial charge in [0.15, 0.2) is 5.76 Å². The van der Waals surface area contributed by atoms with E-state index < -0.39 is 0 Å². The minimum Gasteiger partial charge on any atom is -0.459 e. The van der Waals surface area contributed by atoms with E-state index in [1.54, 1.807) is 23.1 Å². The standard InChI is InChI=1S/C21H24N2O3/c1-15-5-6-17(16(2)14-15)7-8-20(24)22-18-9-11-23(12-10-18)21(25)19-4-3-13-26-19/h3-8,13-14,18H,9-12H2,1-2H3,(H,22,24)/b8-7+. The summed E-state index contributed by atoms with van der Waals surface area (Å²) in [6.07, 6.45) is 6.42. The molecule has 1 aliphatic rings. The molecule has 0 unspecified atom stereocenters.